The van der Waals surface area contributed by atoms with Gasteiger partial charge in [-0.15, -0.1) is 0 Å². The molecular weight excluding hydrogens is 152 g/mol. The van der Waals surface area contributed by atoms with Gasteiger partial charge in [-0.05, 0) is 39.7 Å². The van der Waals surface area contributed by atoms with Gasteiger partial charge in [-0.25, -0.2) is 5.90 Å². The summed E-state index contributed by atoms with van der Waals surface area (Å²) in [5, 5.41) is 0. The van der Waals surface area contributed by atoms with Gasteiger partial charge in [0.1, 0.15) is 0 Å². The highest BCUT2D eigenvalue weighted by atomic mass is 16.6. The van der Waals surface area contributed by atoms with Gasteiger partial charge in [0.05, 0.1) is 6.61 Å². The van der Waals surface area contributed by atoms with E-state index in [-0.39, 0.29) is 0 Å². The molecular formula is C9H20N2O. The molecule has 1 saturated heterocycles. The summed E-state index contributed by atoms with van der Waals surface area (Å²) >= 11 is 0. The van der Waals surface area contributed by atoms with Gasteiger partial charge in [0, 0.05) is 12.1 Å². The van der Waals surface area contributed by atoms with Crippen molar-refractivity contribution >= 4 is 0 Å². The molecule has 1 unspecified atom stereocenters. The Bertz CT molecular complexity index is 128. The molecule has 1 fully saturated rings. The van der Waals surface area contributed by atoms with Gasteiger partial charge < -0.3 is 4.84 Å². The molecule has 0 amide bonds. The van der Waals surface area contributed by atoms with Crippen molar-refractivity contribution in [3.63, 3.8) is 0 Å². The number of rotatable bonds is 4. The van der Waals surface area contributed by atoms with Crippen LogP contribution in [0.25, 0.3) is 0 Å². The number of hydrogen-bond donors (Lipinski definition) is 1. The summed E-state index contributed by atoms with van der Waals surface area (Å²) in [5.41, 5.74) is 0. The number of hydrogen-bond acceptors (Lipinski definition) is 3. The topological polar surface area (TPSA) is 38.5 Å². The van der Waals surface area contributed by atoms with Gasteiger partial charge in [-0.2, -0.15) is 0 Å². The molecule has 12 heavy (non-hydrogen) atoms. The fraction of sp³-hybridized carbons (Fsp3) is 1.00. The molecule has 0 aromatic carbocycles. The maximum Gasteiger partial charge on any atom is 0.0694 e. The third-order valence-electron chi connectivity index (χ3n) is 2.65. The Hall–Kier alpha value is -0.120. The summed E-state index contributed by atoms with van der Waals surface area (Å²) in [6.07, 6.45) is 3.71. The normalized spacial score (nSPS) is 25.5. The molecule has 3 heteroatoms. The van der Waals surface area contributed by atoms with Gasteiger partial charge in [-0.3, -0.25) is 4.90 Å². The maximum absolute atomic E-state index is 5.01. The minimum absolute atomic E-state index is 0.662. The van der Waals surface area contributed by atoms with Crippen LogP contribution in [0.15, 0.2) is 0 Å². The molecule has 0 aromatic rings. The molecule has 1 aliphatic rings. The summed E-state index contributed by atoms with van der Waals surface area (Å²) in [6, 6.07) is 1.36. The Morgan fingerprint density at radius 3 is 2.92 bits per heavy atom. The van der Waals surface area contributed by atoms with E-state index in [0.29, 0.717) is 18.7 Å². The van der Waals surface area contributed by atoms with E-state index in [1.807, 2.05) is 0 Å². The first-order chi connectivity index (χ1) is 5.75. The van der Waals surface area contributed by atoms with Crippen LogP contribution in [0.4, 0.5) is 0 Å². The molecule has 1 rings (SSSR count). The Balaban J connectivity index is 2.30. The van der Waals surface area contributed by atoms with Crippen molar-refractivity contribution < 1.29 is 4.84 Å². The van der Waals surface area contributed by atoms with Gasteiger partial charge in [0.15, 0.2) is 0 Å². The Morgan fingerprint density at radius 2 is 2.33 bits per heavy atom. The van der Waals surface area contributed by atoms with Gasteiger partial charge in [0.25, 0.3) is 0 Å². The van der Waals surface area contributed by atoms with Crippen LogP contribution in [0.2, 0.25) is 0 Å². The summed E-state index contributed by atoms with van der Waals surface area (Å²) in [6.45, 7) is 6.43. The van der Waals surface area contributed by atoms with Crippen LogP contribution in [0.3, 0.4) is 0 Å². The highest BCUT2D eigenvalue weighted by Crippen LogP contribution is 2.21. The van der Waals surface area contributed by atoms with Crippen molar-refractivity contribution in [1.29, 1.82) is 0 Å². The minimum Gasteiger partial charge on any atom is -0.305 e. The van der Waals surface area contributed by atoms with Crippen LogP contribution in [0.5, 0.6) is 0 Å². The molecule has 0 aromatic heterocycles. The monoisotopic (exact) mass is 172 g/mol. The van der Waals surface area contributed by atoms with E-state index in [1.165, 1.54) is 19.4 Å². The fourth-order valence-electron chi connectivity index (χ4n) is 2.05. The first-order valence-electron chi connectivity index (χ1n) is 4.83. The quantitative estimate of drug-likeness (QED) is 0.646. The number of nitrogens with two attached hydrogens (primary N) is 1. The lowest BCUT2D eigenvalue weighted by molar-refractivity contribution is 0.102. The van der Waals surface area contributed by atoms with Crippen molar-refractivity contribution in [3.8, 4) is 0 Å². The van der Waals surface area contributed by atoms with E-state index < -0.39 is 0 Å². The Labute approximate surface area is 74.8 Å². The van der Waals surface area contributed by atoms with Crippen LogP contribution < -0.4 is 5.90 Å². The average Bonchev–Trinajstić information content (AvgIpc) is 2.48. The molecule has 72 valence electrons. The summed E-state index contributed by atoms with van der Waals surface area (Å²) < 4.78 is 0. The molecule has 1 aliphatic heterocycles. The molecule has 3 nitrogen and oxygen atoms in total. The summed E-state index contributed by atoms with van der Waals surface area (Å²) in [4.78, 5) is 7.15. The second kappa shape index (κ2) is 4.80. The standard InChI is InChI=1S/C9H20N2O/c1-8(2)11-6-3-4-9(11)5-7-12-10/h8-9H,3-7,10H2,1-2H3. The van der Waals surface area contributed by atoms with Crippen LogP contribution in [-0.4, -0.2) is 30.1 Å². The lowest BCUT2D eigenvalue weighted by Gasteiger charge is -2.27. The molecule has 0 saturated carbocycles. The molecule has 2 N–H and O–H groups in total. The lowest BCUT2D eigenvalue weighted by atomic mass is 10.1. The molecule has 0 spiro atoms. The number of nitrogens with zero attached hydrogens (tertiary/aromatic N) is 1. The zero-order chi connectivity index (χ0) is 8.97. The Kier molecular flexibility index (Phi) is 3.98. The third-order valence-corrected chi connectivity index (χ3v) is 2.65. The fourth-order valence-corrected chi connectivity index (χ4v) is 2.05. The predicted octanol–water partition coefficient (Wildman–Crippen LogP) is 1.14. The highest BCUT2D eigenvalue weighted by molar-refractivity contribution is 4.80. The highest BCUT2D eigenvalue weighted by Gasteiger charge is 2.25. The lowest BCUT2D eigenvalue weighted by Crippen LogP contribution is -2.36. The van der Waals surface area contributed by atoms with E-state index in [4.69, 9.17) is 5.90 Å². The largest absolute Gasteiger partial charge is 0.305 e. The summed E-state index contributed by atoms with van der Waals surface area (Å²) in [7, 11) is 0. The van der Waals surface area contributed by atoms with E-state index in [2.05, 4.69) is 23.6 Å². The van der Waals surface area contributed by atoms with Crippen LogP contribution >= 0.6 is 0 Å². The number of likely N-dealkylation sites (tertiary alicyclic amines) is 1. The first kappa shape index (κ1) is 9.96. The molecule has 1 atom stereocenters. The molecule has 1 heterocycles. The maximum atomic E-state index is 5.01. The van der Waals surface area contributed by atoms with Gasteiger partial charge in [0.2, 0.25) is 0 Å². The van der Waals surface area contributed by atoms with Crippen molar-refractivity contribution in [3.05, 3.63) is 0 Å². The van der Waals surface area contributed by atoms with E-state index >= 15 is 0 Å². The minimum atomic E-state index is 0.662. The van der Waals surface area contributed by atoms with Crippen molar-refractivity contribution in [2.75, 3.05) is 13.2 Å². The van der Waals surface area contributed by atoms with Crippen molar-refractivity contribution in [2.45, 2.75) is 45.2 Å². The van der Waals surface area contributed by atoms with Crippen molar-refractivity contribution in [2.24, 2.45) is 5.90 Å². The third kappa shape index (κ3) is 2.44. The first-order valence-corrected chi connectivity index (χ1v) is 4.83. The molecule has 0 radical (unpaired) electrons. The smallest absolute Gasteiger partial charge is 0.0694 e. The van der Waals surface area contributed by atoms with Crippen LogP contribution in [-0.2, 0) is 4.84 Å². The van der Waals surface area contributed by atoms with E-state index in [9.17, 15) is 0 Å². The second-order valence-electron chi connectivity index (χ2n) is 3.79. The Morgan fingerprint density at radius 1 is 1.58 bits per heavy atom. The van der Waals surface area contributed by atoms with Crippen molar-refractivity contribution in [1.82, 2.24) is 4.90 Å². The van der Waals surface area contributed by atoms with Gasteiger partial charge >= 0.3 is 0 Å². The van der Waals surface area contributed by atoms with Crippen LogP contribution in [0, 0.1) is 0 Å². The second-order valence-corrected chi connectivity index (χ2v) is 3.79. The SMILES string of the molecule is CC(C)N1CCCC1CCON. The van der Waals surface area contributed by atoms with E-state index in [1.54, 1.807) is 0 Å². The zero-order valence-electron chi connectivity index (χ0n) is 8.12. The van der Waals surface area contributed by atoms with Crippen LogP contribution in [0.1, 0.15) is 33.1 Å². The van der Waals surface area contributed by atoms with E-state index in [0.717, 1.165) is 6.42 Å². The molecule has 0 aliphatic carbocycles. The zero-order valence-corrected chi connectivity index (χ0v) is 8.12. The molecule has 0 bridgehead atoms. The average molecular weight is 172 g/mol. The summed E-state index contributed by atoms with van der Waals surface area (Å²) in [5.74, 6) is 5.01. The van der Waals surface area contributed by atoms with Gasteiger partial charge in [-0.1, -0.05) is 0 Å². The predicted molar refractivity (Wildman–Crippen MR) is 49.6 cm³/mol.